The molecule has 0 bridgehead atoms. The van der Waals surface area contributed by atoms with Gasteiger partial charge in [0.15, 0.2) is 0 Å². The Bertz CT molecular complexity index is 843. The lowest BCUT2D eigenvalue weighted by Crippen LogP contribution is -2.54. The van der Waals surface area contributed by atoms with E-state index < -0.39 is 11.4 Å². The van der Waals surface area contributed by atoms with Crippen LogP contribution in [0.5, 0.6) is 0 Å². The molecule has 11 heteroatoms. The fourth-order valence-electron chi connectivity index (χ4n) is 7.69. The third-order valence-electron chi connectivity index (χ3n) is 10.5. The van der Waals surface area contributed by atoms with E-state index in [4.69, 9.17) is 17.2 Å². The number of carboxylic acid groups (broad SMARTS) is 1. The van der Waals surface area contributed by atoms with Crippen molar-refractivity contribution in [2.24, 2.45) is 34.5 Å². The number of rotatable bonds is 24. The van der Waals surface area contributed by atoms with Crippen LogP contribution in [0.25, 0.3) is 0 Å². The molecule has 0 aromatic carbocycles. The first-order chi connectivity index (χ1) is 22.3. The quantitative estimate of drug-likeness (QED) is 0.0977. The molecule has 0 aliphatic carbocycles. The molecule has 0 saturated carbocycles. The SMILES string of the molecule is NCCCCCCCC(=O)NCC(CCC(=O)O)(C1CCN(C(=O)CCCCCN)CC1)C1CCN(C(=O)CCCCCN)CC1. The highest BCUT2D eigenvalue weighted by Crippen LogP contribution is 2.49. The average Bonchev–Trinajstić information content (AvgIpc) is 3.07. The zero-order valence-electron chi connectivity index (χ0n) is 28.7. The van der Waals surface area contributed by atoms with Crippen LogP contribution < -0.4 is 22.5 Å². The average molecular weight is 651 g/mol. The van der Waals surface area contributed by atoms with Crippen LogP contribution in [0.1, 0.15) is 128 Å². The number of nitrogens with two attached hydrogens (primary N) is 3. The third-order valence-corrected chi connectivity index (χ3v) is 10.5. The number of aliphatic carboxylic acids is 1. The summed E-state index contributed by atoms with van der Waals surface area (Å²) in [5.74, 6) is -0.0622. The number of piperidine rings is 2. The minimum atomic E-state index is -0.830. The monoisotopic (exact) mass is 651 g/mol. The molecule has 2 fully saturated rings. The van der Waals surface area contributed by atoms with Crippen molar-refractivity contribution in [3.05, 3.63) is 0 Å². The number of amides is 3. The molecule has 46 heavy (non-hydrogen) atoms. The molecule has 266 valence electrons. The second-order valence-corrected chi connectivity index (χ2v) is 13.7. The van der Waals surface area contributed by atoms with Crippen molar-refractivity contribution in [1.29, 1.82) is 0 Å². The normalized spacial score (nSPS) is 16.5. The first-order valence-corrected chi connectivity index (χ1v) is 18.4. The van der Waals surface area contributed by atoms with E-state index in [1.807, 2.05) is 9.80 Å². The molecule has 0 aromatic heterocycles. The topological polar surface area (TPSA) is 185 Å². The Kier molecular flexibility index (Phi) is 20.1. The predicted octanol–water partition coefficient (Wildman–Crippen LogP) is 3.77. The van der Waals surface area contributed by atoms with Gasteiger partial charge in [-0.3, -0.25) is 19.2 Å². The Morgan fingerprint density at radius 3 is 1.41 bits per heavy atom. The maximum atomic E-state index is 13.1. The van der Waals surface area contributed by atoms with Gasteiger partial charge in [0.1, 0.15) is 0 Å². The van der Waals surface area contributed by atoms with Crippen LogP contribution in [0.15, 0.2) is 0 Å². The first-order valence-electron chi connectivity index (χ1n) is 18.4. The van der Waals surface area contributed by atoms with Gasteiger partial charge in [-0.15, -0.1) is 0 Å². The summed E-state index contributed by atoms with van der Waals surface area (Å²) < 4.78 is 0. The van der Waals surface area contributed by atoms with Gasteiger partial charge in [-0.2, -0.15) is 0 Å². The third kappa shape index (κ3) is 14.3. The summed E-state index contributed by atoms with van der Waals surface area (Å²) in [5.41, 5.74) is 16.4. The zero-order valence-corrected chi connectivity index (χ0v) is 28.7. The number of carboxylic acids is 1. The molecule has 0 unspecified atom stereocenters. The van der Waals surface area contributed by atoms with E-state index in [0.717, 1.165) is 96.3 Å². The summed E-state index contributed by atoms with van der Waals surface area (Å²) in [6.07, 6.45) is 15.7. The van der Waals surface area contributed by atoms with E-state index in [0.29, 0.717) is 78.0 Å². The first kappa shape index (κ1) is 39.9. The van der Waals surface area contributed by atoms with E-state index in [9.17, 15) is 24.3 Å². The predicted molar refractivity (Wildman–Crippen MR) is 183 cm³/mol. The lowest BCUT2D eigenvalue weighted by atomic mass is 9.58. The second kappa shape index (κ2) is 23.1. The van der Waals surface area contributed by atoms with Gasteiger partial charge in [-0.1, -0.05) is 32.1 Å². The molecule has 0 atom stereocenters. The summed E-state index contributed by atoms with van der Waals surface area (Å²) in [7, 11) is 0. The largest absolute Gasteiger partial charge is 0.481 e. The number of carbonyl (C=O) groups excluding carboxylic acids is 3. The van der Waals surface area contributed by atoms with Crippen LogP contribution in [0.2, 0.25) is 0 Å². The maximum absolute atomic E-state index is 13.1. The lowest BCUT2D eigenvalue weighted by Gasteiger charge is -2.51. The highest BCUT2D eigenvalue weighted by Gasteiger charge is 2.47. The van der Waals surface area contributed by atoms with E-state index >= 15 is 0 Å². The summed E-state index contributed by atoms with van der Waals surface area (Å²) in [4.78, 5) is 54.9. The maximum Gasteiger partial charge on any atom is 0.303 e. The van der Waals surface area contributed by atoms with Gasteiger partial charge in [0.05, 0.1) is 0 Å². The lowest BCUT2D eigenvalue weighted by molar-refractivity contribution is -0.139. The molecular weight excluding hydrogens is 584 g/mol. The van der Waals surface area contributed by atoms with Crippen LogP contribution in [0.4, 0.5) is 0 Å². The van der Waals surface area contributed by atoms with Crippen molar-refractivity contribution < 1.29 is 24.3 Å². The molecule has 0 aromatic rings. The highest BCUT2D eigenvalue weighted by atomic mass is 16.4. The van der Waals surface area contributed by atoms with Crippen LogP contribution in [0, 0.1) is 17.3 Å². The molecule has 2 rings (SSSR count). The van der Waals surface area contributed by atoms with Crippen LogP contribution in [0.3, 0.4) is 0 Å². The Morgan fingerprint density at radius 2 is 0.978 bits per heavy atom. The standard InChI is InChI=1S/C35H66N6O5/c36-21-9-3-1-2-6-12-31(42)39-28-35(20-15-34(45)46,29-16-24-40(25-17-29)32(43)13-7-4-10-22-37)30-18-26-41(27-19-30)33(44)14-8-5-11-23-38/h29-30H,1-28,36-38H2,(H,39,42)(H,45,46). The van der Waals surface area contributed by atoms with E-state index in [1.54, 1.807) is 0 Å². The molecule has 0 radical (unpaired) electrons. The van der Waals surface area contributed by atoms with Crippen molar-refractivity contribution in [2.45, 2.75) is 128 Å². The molecular formula is C35H66N6O5. The molecule has 2 heterocycles. The van der Waals surface area contributed by atoms with E-state index in [1.165, 1.54) is 0 Å². The van der Waals surface area contributed by atoms with Crippen molar-refractivity contribution >= 4 is 23.7 Å². The Hall–Kier alpha value is -2.24. The van der Waals surface area contributed by atoms with Gasteiger partial charge in [0.2, 0.25) is 17.7 Å². The van der Waals surface area contributed by atoms with Gasteiger partial charge in [0.25, 0.3) is 0 Å². The van der Waals surface area contributed by atoms with Gasteiger partial charge in [-0.05, 0) is 108 Å². The summed E-state index contributed by atoms with van der Waals surface area (Å²) in [5, 5.41) is 13.1. The summed E-state index contributed by atoms with van der Waals surface area (Å²) in [6, 6.07) is 0. The van der Waals surface area contributed by atoms with Crippen molar-refractivity contribution in [2.75, 3.05) is 52.4 Å². The smallest absolute Gasteiger partial charge is 0.303 e. The van der Waals surface area contributed by atoms with Crippen molar-refractivity contribution in [3.8, 4) is 0 Å². The fourth-order valence-corrected chi connectivity index (χ4v) is 7.69. The second-order valence-electron chi connectivity index (χ2n) is 13.7. The highest BCUT2D eigenvalue weighted by molar-refractivity contribution is 5.77. The Balaban J connectivity index is 2.13. The minimum absolute atomic E-state index is 0.0220. The summed E-state index contributed by atoms with van der Waals surface area (Å²) in [6.45, 7) is 5.07. The molecule has 2 saturated heterocycles. The van der Waals surface area contributed by atoms with Crippen LogP contribution in [-0.4, -0.2) is 91.0 Å². The number of hydrogen-bond donors (Lipinski definition) is 5. The Morgan fingerprint density at radius 1 is 0.587 bits per heavy atom. The molecule has 2 aliphatic rings. The van der Waals surface area contributed by atoms with Gasteiger partial charge in [-0.25, -0.2) is 0 Å². The van der Waals surface area contributed by atoms with Crippen molar-refractivity contribution in [1.82, 2.24) is 15.1 Å². The molecule has 3 amide bonds. The van der Waals surface area contributed by atoms with Crippen LogP contribution in [-0.2, 0) is 19.2 Å². The molecule has 8 N–H and O–H groups in total. The molecule has 2 aliphatic heterocycles. The number of carbonyl (C=O) groups is 4. The van der Waals surface area contributed by atoms with Crippen molar-refractivity contribution in [3.63, 3.8) is 0 Å². The fraction of sp³-hybridized carbons (Fsp3) is 0.886. The van der Waals surface area contributed by atoms with E-state index in [2.05, 4.69) is 5.32 Å². The van der Waals surface area contributed by atoms with Gasteiger partial charge < -0.3 is 37.4 Å². The van der Waals surface area contributed by atoms with Gasteiger partial charge in [0, 0.05) is 58.4 Å². The molecule has 11 nitrogen and oxygen atoms in total. The number of likely N-dealkylation sites (tertiary alicyclic amines) is 2. The summed E-state index contributed by atoms with van der Waals surface area (Å²) >= 11 is 0. The van der Waals surface area contributed by atoms with Gasteiger partial charge >= 0.3 is 5.97 Å². The number of nitrogens with one attached hydrogen (secondary N) is 1. The number of nitrogens with zero attached hydrogens (tertiary/aromatic N) is 2. The zero-order chi connectivity index (χ0) is 33.6. The Labute approximate surface area is 278 Å². The van der Waals surface area contributed by atoms with Crippen LogP contribution >= 0.6 is 0 Å². The molecule has 0 spiro atoms. The van der Waals surface area contributed by atoms with E-state index in [-0.39, 0.29) is 36.0 Å². The number of unbranched alkanes of at least 4 members (excludes halogenated alkanes) is 8. The minimum Gasteiger partial charge on any atom is -0.481 e. The number of hydrogen-bond acceptors (Lipinski definition) is 7.